The van der Waals surface area contributed by atoms with Crippen LogP contribution in [0, 0.1) is 0 Å². The van der Waals surface area contributed by atoms with E-state index in [0.717, 1.165) is 0 Å². The Morgan fingerprint density at radius 2 is 2.33 bits per heavy atom. The largest absolute Gasteiger partial charge is 0.371 e. The summed E-state index contributed by atoms with van der Waals surface area (Å²) in [6, 6.07) is 0. The van der Waals surface area contributed by atoms with E-state index in [4.69, 9.17) is 5.73 Å². The van der Waals surface area contributed by atoms with Crippen LogP contribution in [0.2, 0.25) is 0 Å². The molecule has 0 aliphatic heterocycles. The van der Waals surface area contributed by atoms with Crippen molar-refractivity contribution < 1.29 is 9.90 Å². The van der Waals surface area contributed by atoms with Crippen molar-refractivity contribution in [2.45, 2.75) is 19.6 Å². The monoisotopic (exact) mass is 169 g/mol. The normalized spacial score (nSPS) is 11.6. The number of nitrogens with zero attached hydrogens (tertiary/aromatic N) is 2. The molecule has 1 aromatic rings. The van der Waals surface area contributed by atoms with Crippen LogP contribution >= 0.6 is 0 Å². The third-order valence-electron chi connectivity index (χ3n) is 1.47. The molecule has 12 heavy (non-hydrogen) atoms. The first-order valence-electron chi connectivity index (χ1n) is 3.48. The maximum Gasteiger partial charge on any atom is 0.268 e. The second-order valence-electron chi connectivity index (χ2n) is 3.02. The van der Waals surface area contributed by atoms with Gasteiger partial charge >= 0.3 is 0 Å². The van der Waals surface area contributed by atoms with Crippen molar-refractivity contribution in [1.29, 1.82) is 0 Å². The fourth-order valence-corrected chi connectivity index (χ4v) is 0.749. The van der Waals surface area contributed by atoms with Crippen LogP contribution in [0.3, 0.4) is 0 Å². The Morgan fingerprint density at radius 1 is 1.75 bits per heavy atom. The number of amides is 1. The van der Waals surface area contributed by atoms with Crippen LogP contribution in [0.15, 0.2) is 12.5 Å². The Morgan fingerprint density at radius 3 is 2.58 bits per heavy atom. The van der Waals surface area contributed by atoms with Gasteiger partial charge in [0.15, 0.2) is 0 Å². The van der Waals surface area contributed by atoms with E-state index in [1.807, 2.05) is 0 Å². The fraction of sp³-hybridized carbons (Fsp3) is 0.429. The number of rotatable bonds is 2. The predicted molar refractivity (Wildman–Crippen MR) is 42.3 cm³/mol. The van der Waals surface area contributed by atoms with E-state index in [-0.39, 0.29) is 5.69 Å². The van der Waals surface area contributed by atoms with Crippen molar-refractivity contribution in [3.8, 4) is 0 Å². The van der Waals surface area contributed by atoms with E-state index in [9.17, 15) is 9.90 Å². The van der Waals surface area contributed by atoms with Crippen LogP contribution < -0.4 is 5.73 Å². The van der Waals surface area contributed by atoms with Gasteiger partial charge in [-0.15, -0.1) is 0 Å². The van der Waals surface area contributed by atoms with Crippen LogP contribution in [0.1, 0.15) is 24.3 Å². The van der Waals surface area contributed by atoms with Gasteiger partial charge in [-0.3, -0.25) is 4.79 Å². The van der Waals surface area contributed by atoms with Crippen LogP contribution in [-0.4, -0.2) is 20.6 Å². The highest BCUT2D eigenvalue weighted by Crippen LogP contribution is 2.10. The molecule has 0 radical (unpaired) electrons. The summed E-state index contributed by atoms with van der Waals surface area (Å²) in [5, 5.41) is 9.45. The maximum atomic E-state index is 10.6. The number of aromatic nitrogens is 2. The topological polar surface area (TPSA) is 81.1 Å². The molecule has 0 saturated heterocycles. The molecular formula is C7H11N3O2. The molecule has 66 valence electrons. The third-order valence-corrected chi connectivity index (χ3v) is 1.47. The minimum absolute atomic E-state index is 0.150. The second-order valence-corrected chi connectivity index (χ2v) is 3.02. The molecule has 0 aliphatic carbocycles. The fourth-order valence-electron chi connectivity index (χ4n) is 0.749. The quantitative estimate of drug-likeness (QED) is 0.635. The van der Waals surface area contributed by atoms with Gasteiger partial charge in [-0.2, -0.15) is 0 Å². The molecular weight excluding hydrogens is 158 g/mol. The molecule has 0 fully saturated rings. The molecule has 1 amide bonds. The number of imidazole rings is 1. The van der Waals surface area contributed by atoms with Gasteiger partial charge in [0.1, 0.15) is 11.4 Å². The Hall–Kier alpha value is -1.36. The molecule has 0 spiro atoms. The van der Waals surface area contributed by atoms with Gasteiger partial charge in [0.05, 0.1) is 6.33 Å². The minimum Gasteiger partial charge on any atom is -0.371 e. The molecule has 0 aliphatic rings. The summed E-state index contributed by atoms with van der Waals surface area (Å²) in [6.45, 7) is 3.17. The second kappa shape index (κ2) is 2.60. The number of carbonyl (C=O) groups excluding carboxylic acids is 1. The number of aliphatic hydroxyl groups is 1. The number of carbonyl (C=O) groups is 1. The van der Waals surface area contributed by atoms with E-state index < -0.39 is 11.6 Å². The zero-order valence-corrected chi connectivity index (χ0v) is 6.98. The average Bonchev–Trinajstić information content (AvgIpc) is 2.30. The minimum atomic E-state index is -1.05. The summed E-state index contributed by atoms with van der Waals surface area (Å²) < 4.78 is 1.41. The van der Waals surface area contributed by atoms with Gasteiger partial charge < -0.3 is 15.4 Å². The van der Waals surface area contributed by atoms with Crippen molar-refractivity contribution in [3.05, 3.63) is 18.2 Å². The highest BCUT2D eigenvalue weighted by molar-refractivity contribution is 5.90. The van der Waals surface area contributed by atoms with Gasteiger partial charge in [-0.05, 0) is 13.8 Å². The van der Waals surface area contributed by atoms with E-state index in [0.29, 0.717) is 0 Å². The Bertz CT molecular complexity index is 298. The first-order chi connectivity index (χ1) is 5.41. The first-order valence-corrected chi connectivity index (χ1v) is 3.48. The Kier molecular flexibility index (Phi) is 1.89. The molecule has 0 saturated carbocycles. The maximum absolute atomic E-state index is 10.6. The van der Waals surface area contributed by atoms with E-state index in [2.05, 4.69) is 4.98 Å². The average molecular weight is 169 g/mol. The summed E-state index contributed by atoms with van der Waals surface area (Å²) in [6.07, 6.45) is 2.77. The van der Waals surface area contributed by atoms with Gasteiger partial charge in [0.2, 0.25) is 0 Å². The van der Waals surface area contributed by atoms with Crippen LogP contribution in [-0.2, 0) is 5.72 Å². The summed E-state index contributed by atoms with van der Waals surface area (Å²) in [7, 11) is 0. The lowest BCUT2D eigenvalue weighted by Crippen LogP contribution is -2.23. The van der Waals surface area contributed by atoms with Crippen LogP contribution in [0.25, 0.3) is 0 Å². The molecule has 5 heteroatoms. The third kappa shape index (κ3) is 1.62. The Labute approximate surface area is 69.8 Å². The van der Waals surface area contributed by atoms with Gasteiger partial charge in [0.25, 0.3) is 5.91 Å². The van der Waals surface area contributed by atoms with Crippen LogP contribution in [0.4, 0.5) is 0 Å². The molecule has 1 rings (SSSR count). The smallest absolute Gasteiger partial charge is 0.268 e. The van der Waals surface area contributed by atoms with Crippen molar-refractivity contribution >= 4 is 5.91 Å². The number of primary amides is 1. The molecule has 0 atom stereocenters. The summed E-state index contributed by atoms with van der Waals surface area (Å²) in [5.74, 6) is -0.599. The van der Waals surface area contributed by atoms with Crippen molar-refractivity contribution in [2.75, 3.05) is 0 Å². The standard InChI is InChI=1S/C7H11N3O2/c1-7(2,12)10-3-5(6(8)11)9-4-10/h3-4,12H,1-2H3,(H2,8,11). The van der Waals surface area contributed by atoms with Crippen molar-refractivity contribution in [2.24, 2.45) is 5.73 Å². The van der Waals surface area contributed by atoms with Gasteiger partial charge in [-0.1, -0.05) is 0 Å². The predicted octanol–water partition coefficient (Wildman–Crippen LogP) is -0.333. The summed E-state index contributed by atoms with van der Waals surface area (Å²) in [5.41, 5.74) is 4.07. The first kappa shape index (κ1) is 8.73. The Balaban J connectivity index is 3.00. The van der Waals surface area contributed by atoms with Gasteiger partial charge in [0, 0.05) is 6.20 Å². The molecule has 1 heterocycles. The lowest BCUT2D eigenvalue weighted by molar-refractivity contribution is 0.00162. The zero-order chi connectivity index (χ0) is 9.35. The molecule has 0 aromatic carbocycles. The van der Waals surface area contributed by atoms with Crippen molar-refractivity contribution in [1.82, 2.24) is 9.55 Å². The number of hydrogen-bond acceptors (Lipinski definition) is 3. The van der Waals surface area contributed by atoms with Crippen LogP contribution in [0.5, 0.6) is 0 Å². The molecule has 1 aromatic heterocycles. The highest BCUT2D eigenvalue weighted by atomic mass is 16.3. The lowest BCUT2D eigenvalue weighted by Gasteiger charge is -2.18. The summed E-state index contributed by atoms with van der Waals surface area (Å²) in [4.78, 5) is 14.3. The van der Waals surface area contributed by atoms with Gasteiger partial charge in [-0.25, -0.2) is 4.98 Å². The summed E-state index contributed by atoms with van der Waals surface area (Å²) >= 11 is 0. The molecule has 5 nitrogen and oxygen atoms in total. The molecule has 0 bridgehead atoms. The lowest BCUT2D eigenvalue weighted by atomic mass is 10.3. The number of nitrogens with two attached hydrogens (primary N) is 1. The van der Waals surface area contributed by atoms with E-state index in [1.54, 1.807) is 13.8 Å². The number of hydrogen-bond donors (Lipinski definition) is 2. The van der Waals surface area contributed by atoms with E-state index >= 15 is 0 Å². The highest BCUT2D eigenvalue weighted by Gasteiger charge is 2.16. The van der Waals surface area contributed by atoms with E-state index in [1.165, 1.54) is 17.1 Å². The van der Waals surface area contributed by atoms with Crippen molar-refractivity contribution in [3.63, 3.8) is 0 Å². The SMILES string of the molecule is CC(C)(O)n1cnc(C(N)=O)c1. The zero-order valence-electron chi connectivity index (χ0n) is 6.98. The molecule has 0 unspecified atom stereocenters. The molecule has 3 N–H and O–H groups in total.